The summed E-state index contributed by atoms with van der Waals surface area (Å²) in [5.74, 6) is 0.842. The van der Waals surface area contributed by atoms with Gasteiger partial charge >= 0.3 is 0 Å². The molecule has 0 saturated carbocycles. The van der Waals surface area contributed by atoms with E-state index < -0.39 is 0 Å². The van der Waals surface area contributed by atoms with E-state index in [4.69, 9.17) is 0 Å². The van der Waals surface area contributed by atoms with Gasteiger partial charge in [-0.05, 0) is 43.8 Å². The number of hydrogen-bond donors (Lipinski definition) is 1. The molecule has 2 heteroatoms. The van der Waals surface area contributed by atoms with Crippen molar-refractivity contribution in [1.82, 2.24) is 4.90 Å². The first-order chi connectivity index (χ1) is 8.25. The lowest BCUT2D eigenvalue weighted by atomic mass is 10.0. The Kier molecular flexibility index (Phi) is 4.57. The van der Waals surface area contributed by atoms with Crippen molar-refractivity contribution in [3.8, 4) is 0 Å². The molecular weight excluding hydrogens is 210 g/mol. The molecule has 2 nitrogen and oxygen atoms in total. The van der Waals surface area contributed by atoms with Gasteiger partial charge in [0.2, 0.25) is 0 Å². The fourth-order valence-electron chi connectivity index (χ4n) is 2.53. The SMILES string of the molecule is CC1CCCN(CC(O)c2ccccc2)CC1. The predicted octanol–water partition coefficient (Wildman–Crippen LogP) is 2.84. The molecule has 94 valence electrons. The Bertz CT molecular complexity index is 325. The maximum Gasteiger partial charge on any atom is 0.0916 e. The average Bonchev–Trinajstić information content (AvgIpc) is 2.56. The van der Waals surface area contributed by atoms with E-state index in [0.717, 1.165) is 31.1 Å². The fourth-order valence-corrected chi connectivity index (χ4v) is 2.53. The van der Waals surface area contributed by atoms with Crippen molar-refractivity contribution in [3.63, 3.8) is 0 Å². The molecule has 1 saturated heterocycles. The van der Waals surface area contributed by atoms with E-state index in [1.165, 1.54) is 19.3 Å². The summed E-state index contributed by atoms with van der Waals surface area (Å²) in [4.78, 5) is 2.40. The Morgan fingerprint density at radius 1 is 1.24 bits per heavy atom. The second kappa shape index (κ2) is 6.18. The van der Waals surface area contributed by atoms with Crippen LogP contribution in [0.15, 0.2) is 30.3 Å². The number of aliphatic hydroxyl groups excluding tert-OH is 1. The van der Waals surface area contributed by atoms with Crippen molar-refractivity contribution >= 4 is 0 Å². The summed E-state index contributed by atoms with van der Waals surface area (Å²) in [6.07, 6.45) is 3.52. The van der Waals surface area contributed by atoms with Crippen LogP contribution in [0.25, 0.3) is 0 Å². The lowest BCUT2D eigenvalue weighted by Gasteiger charge is -2.23. The highest BCUT2D eigenvalue weighted by atomic mass is 16.3. The van der Waals surface area contributed by atoms with Crippen molar-refractivity contribution in [1.29, 1.82) is 0 Å². The number of rotatable bonds is 3. The first-order valence-electron chi connectivity index (χ1n) is 6.71. The molecule has 1 fully saturated rings. The highest BCUT2D eigenvalue weighted by molar-refractivity contribution is 5.17. The topological polar surface area (TPSA) is 23.5 Å². The third kappa shape index (κ3) is 3.83. The molecule has 2 unspecified atom stereocenters. The summed E-state index contributed by atoms with van der Waals surface area (Å²) in [7, 11) is 0. The van der Waals surface area contributed by atoms with Gasteiger partial charge in [0.15, 0.2) is 0 Å². The Morgan fingerprint density at radius 3 is 2.76 bits per heavy atom. The number of aliphatic hydroxyl groups is 1. The molecule has 1 aromatic rings. The summed E-state index contributed by atoms with van der Waals surface area (Å²) in [6.45, 7) is 5.37. The smallest absolute Gasteiger partial charge is 0.0916 e. The molecule has 1 aliphatic rings. The molecule has 0 aliphatic carbocycles. The second-order valence-corrected chi connectivity index (χ2v) is 5.26. The summed E-state index contributed by atoms with van der Waals surface area (Å²) in [6, 6.07) is 9.98. The monoisotopic (exact) mass is 233 g/mol. The van der Waals surface area contributed by atoms with Crippen LogP contribution in [-0.4, -0.2) is 29.6 Å². The van der Waals surface area contributed by atoms with Crippen LogP contribution in [0.5, 0.6) is 0 Å². The van der Waals surface area contributed by atoms with Gasteiger partial charge in [-0.2, -0.15) is 0 Å². The highest BCUT2D eigenvalue weighted by Crippen LogP contribution is 2.19. The summed E-state index contributed by atoms with van der Waals surface area (Å²) in [5, 5.41) is 10.2. The number of likely N-dealkylation sites (tertiary alicyclic amines) is 1. The van der Waals surface area contributed by atoms with E-state index in [1.807, 2.05) is 30.3 Å². The molecule has 0 radical (unpaired) electrons. The lowest BCUT2D eigenvalue weighted by Crippen LogP contribution is -2.29. The molecule has 1 N–H and O–H groups in total. The molecule has 1 aliphatic heterocycles. The lowest BCUT2D eigenvalue weighted by molar-refractivity contribution is 0.114. The molecule has 1 aromatic carbocycles. The highest BCUT2D eigenvalue weighted by Gasteiger charge is 2.17. The molecule has 17 heavy (non-hydrogen) atoms. The van der Waals surface area contributed by atoms with Crippen LogP contribution in [0.4, 0.5) is 0 Å². The molecule has 0 spiro atoms. The van der Waals surface area contributed by atoms with Crippen LogP contribution in [0.1, 0.15) is 37.9 Å². The molecule has 2 atom stereocenters. The Hall–Kier alpha value is -0.860. The molecule has 0 amide bonds. The van der Waals surface area contributed by atoms with Crippen molar-refractivity contribution < 1.29 is 5.11 Å². The normalized spacial score (nSPS) is 24.2. The third-order valence-electron chi connectivity index (χ3n) is 3.72. The van der Waals surface area contributed by atoms with E-state index in [9.17, 15) is 5.11 Å². The van der Waals surface area contributed by atoms with Crippen molar-refractivity contribution in [3.05, 3.63) is 35.9 Å². The standard InChI is InChI=1S/C15H23NO/c1-13-6-5-10-16(11-9-13)12-15(17)14-7-3-2-4-8-14/h2-4,7-8,13,15,17H,5-6,9-12H2,1H3. The third-order valence-corrected chi connectivity index (χ3v) is 3.72. The van der Waals surface area contributed by atoms with Crippen molar-refractivity contribution in [2.24, 2.45) is 5.92 Å². The minimum Gasteiger partial charge on any atom is -0.387 e. The molecule has 1 heterocycles. The fraction of sp³-hybridized carbons (Fsp3) is 0.600. The van der Waals surface area contributed by atoms with Gasteiger partial charge in [-0.1, -0.05) is 37.3 Å². The first-order valence-corrected chi connectivity index (χ1v) is 6.71. The van der Waals surface area contributed by atoms with Gasteiger partial charge in [-0.25, -0.2) is 0 Å². The average molecular weight is 233 g/mol. The molecular formula is C15H23NO. The number of hydrogen-bond acceptors (Lipinski definition) is 2. The summed E-state index contributed by atoms with van der Waals surface area (Å²) in [5.41, 5.74) is 1.03. The van der Waals surface area contributed by atoms with Gasteiger partial charge in [-0.3, -0.25) is 0 Å². The van der Waals surface area contributed by atoms with Crippen LogP contribution in [0, 0.1) is 5.92 Å². The van der Waals surface area contributed by atoms with Crippen LogP contribution in [-0.2, 0) is 0 Å². The van der Waals surface area contributed by atoms with Gasteiger partial charge in [0.05, 0.1) is 6.10 Å². The number of β-amino-alcohol motifs (C(OH)–C–C–N with tert-alkyl or cyclic N) is 1. The minimum absolute atomic E-state index is 0.343. The first kappa shape index (κ1) is 12.6. The van der Waals surface area contributed by atoms with E-state index in [2.05, 4.69) is 11.8 Å². The summed E-state index contributed by atoms with van der Waals surface area (Å²) < 4.78 is 0. The molecule has 0 bridgehead atoms. The van der Waals surface area contributed by atoms with E-state index >= 15 is 0 Å². The zero-order valence-corrected chi connectivity index (χ0v) is 10.7. The quantitative estimate of drug-likeness (QED) is 0.867. The van der Waals surface area contributed by atoms with Gasteiger partial charge in [0.1, 0.15) is 0 Å². The van der Waals surface area contributed by atoms with Gasteiger partial charge in [-0.15, -0.1) is 0 Å². The zero-order chi connectivity index (χ0) is 12.1. The predicted molar refractivity (Wildman–Crippen MR) is 70.9 cm³/mol. The van der Waals surface area contributed by atoms with E-state index in [1.54, 1.807) is 0 Å². The number of nitrogens with zero attached hydrogens (tertiary/aromatic N) is 1. The zero-order valence-electron chi connectivity index (χ0n) is 10.7. The van der Waals surface area contributed by atoms with Crippen molar-refractivity contribution in [2.45, 2.75) is 32.3 Å². The van der Waals surface area contributed by atoms with Crippen molar-refractivity contribution in [2.75, 3.05) is 19.6 Å². The Morgan fingerprint density at radius 2 is 2.00 bits per heavy atom. The Balaban J connectivity index is 1.88. The van der Waals surface area contributed by atoms with E-state index in [0.29, 0.717) is 0 Å². The maximum atomic E-state index is 10.2. The van der Waals surface area contributed by atoms with Crippen LogP contribution in [0.2, 0.25) is 0 Å². The maximum absolute atomic E-state index is 10.2. The second-order valence-electron chi connectivity index (χ2n) is 5.26. The minimum atomic E-state index is -0.343. The van der Waals surface area contributed by atoms with E-state index in [-0.39, 0.29) is 6.10 Å². The van der Waals surface area contributed by atoms with Gasteiger partial charge in [0, 0.05) is 6.54 Å². The van der Waals surface area contributed by atoms with Crippen LogP contribution in [0.3, 0.4) is 0 Å². The summed E-state index contributed by atoms with van der Waals surface area (Å²) >= 11 is 0. The largest absolute Gasteiger partial charge is 0.387 e. The van der Waals surface area contributed by atoms with Crippen LogP contribution < -0.4 is 0 Å². The van der Waals surface area contributed by atoms with Crippen LogP contribution >= 0.6 is 0 Å². The molecule has 0 aromatic heterocycles. The van der Waals surface area contributed by atoms with Gasteiger partial charge in [0.25, 0.3) is 0 Å². The van der Waals surface area contributed by atoms with Gasteiger partial charge < -0.3 is 10.0 Å². The number of benzene rings is 1. The Labute approximate surface area is 104 Å². The molecule has 2 rings (SSSR count).